The Morgan fingerprint density at radius 3 is 2.11 bits per heavy atom. The Labute approximate surface area is 121 Å². The summed E-state index contributed by atoms with van der Waals surface area (Å²) in [6, 6.07) is 23.1. The maximum Gasteiger partial charge on any atom is 0.0175 e. The fourth-order valence-corrected chi connectivity index (χ4v) is 2.46. The summed E-state index contributed by atoms with van der Waals surface area (Å²) in [6.07, 6.45) is 0. The molecule has 0 N–H and O–H groups in total. The topological polar surface area (TPSA) is 0 Å². The summed E-state index contributed by atoms with van der Waals surface area (Å²) in [7, 11) is 0. The zero-order valence-electron chi connectivity index (χ0n) is 10.4. The molecule has 0 saturated heterocycles. The van der Waals surface area contributed by atoms with Crippen molar-refractivity contribution in [3.63, 3.8) is 0 Å². The molecule has 0 atom stereocenters. The Kier molecular flexibility index (Phi) is 3.22. The molecule has 0 radical (unpaired) electrons. The van der Waals surface area contributed by atoms with E-state index in [1.54, 1.807) is 0 Å². The lowest BCUT2D eigenvalue weighted by molar-refractivity contribution is 1.55. The van der Waals surface area contributed by atoms with Gasteiger partial charge < -0.3 is 0 Å². The van der Waals surface area contributed by atoms with Gasteiger partial charge in [-0.2, -0.15) is 0 Å². The lowest BCUT2D eigenvalue weighted by Gasteiger charge is -2.08. The molecular formula is C18H13Br. The van der Waals surface area contributed by atoms with Crippen LogP contribution in [0.2, 0.25) is 0 Å². The molecule has 0 aliphatic heterocycles. The largest absolute Gasteiger partial charge is 0.0906 e. The molecule has 0 aliphatic carbocycles. The molecule has 0 bridgehead atoms. The Morgan fingerprint density at radius 2 is 1.37 bits per heavy atom. The molecular weight excluding hydrogens is 296 g/mol. The van der Waals surface area contributed by atoms with Gasteiger partial charge >= 0.3 is 0 Å². The first kappa shape index (κ1) is 12.2. The first-order valence-corrected chi connectivity index (χ1v) is 6.97. The van der Waals surface area contributed by atoms with Crippen molar-refractivity contribution in [2.75, 3.05) is 0 Å². The van der Waals surface area contributed by atoms with Crippen molar-refractivity contribution < 1.29 is 0 Å². The van der Waals surface area contributed by atoms with Gasteiger partial charge in [0, 0.05) is 4.47 Å². The fraction of sp³-hybridized carbons (Fsp3) is 0. The minimum atomic E-state index is 1.05. The number of fused-ring (bicyclic) bond motifs is 1. The average Bonchev–Trinajstić information content (AvgIpc) is 2.47. The van der Waals surface area contributed by atoms with Gasteiger partial charge in [-0.15, -0.1) is 0 Å². The lowest BCUT2D eigenvalue weighted by atomic mass is 9.97. The molecule has 0 amide bonds. The lowest BCUT2D eigenvalue weighted by Crippen LogP contribution is -1.86. The number of hydrogen-bond donors (Lipinski definition) is 0. The van der Waals surface area contributed by atoms with Crippen LogP contribution in [0.5, 0.6) is 0 Å². The predicted molar refractivity (Wildman–Crippen MR) is 86.2 cm³/mol. The Bertz CT molecular complexity index is 739. The van der Waals surface area contributed by atoms with E-state index in [0.29, 0.717) is 0 Å². The molecule has 0 fully saturated rings. The summed E-state index contributed by atoms with van der Waals surface area (Å²) in [5.41, 5.74) is 3.37. The molecule has 19 heavy (non-hydrogen) atoms. The summed E-state index contributed by atoms with van der Waals surface area (Å²) in [4.78, 5) is 0. The van der Waals surface area contributed by atoms with Crippen LogP contribution in [0, 0.1) is 0 Å². The molecule has 0 nitrogen and oxygen atoms in total. The first-order chi connectivity index (χ1) is 9.24. The van der Waals surface area contributed by atoms with Gasteiger partial charge in [0.1, 0.15) is 0 Å². The summed E-state index contributed by atoms with van der Waals surface area (Å²) < 4.78 is 1.09. The summed E-state index contributed by atoms with van der Waals surface area (Å²) in [5.74, 6) is 0. The highest BCUT2D eigenvalue weighted by atomic mass is 79.9. The second-order valence-corrected chi connectivity index (χ2v) is 5.46. The number of benzene rings is 3. The third kappa shape index (κ3) is 2.47. The summed E-state index contributed by atoms with van der Waals surface area (Å²) in [5, 5.41) is 2.51. The van der Waals surface area contributed by atoms with E-state index in [0.717, 1.165) is 15.6 Å². The minimum Gasteiger partial charge on any atom is -0.0906 e. The molecule has 3 rings (SSSR count). The normalized spacial score (nSPS) is 10.6. The Balaban J connectivity index is 2.04. The molecule has 0 spiro atoms. The quantitative estimate of drug-likeness (QED) is 0.572. The van der Waals surface area contributed by atoms with Gasteiger partial charge in [-0.05, 0) is 45.7 Å². The molecule has 1 heteroatoms. The van der Waals surface area contributed by atoms with Gasteiger partial charge in [0.05, 0.1) is 0 Å². The van der Waals surface area contributed by atoms with Crippen LogP contribution in [-0.2, 0) is 0 Å². The van der Waals surface area contributed by atoms with Crippen molar-refractivity contribution in [1.82, 2.24) is 0 Å². The van der Waals surface area contributed by atoms with Gasteiger partial charge in [-0.25, -0.2) is 0 Å². The second kappa shape index (κ2) is 5.02. The predicted octanol–water partition coefficient (Wildman–Crippen LogP) is 5.66. The Morgan fingerprint density at radius 1 is 0.737 bits per heavy atom. The molecule has 0 aliphatic rings. The standard InChI is InChI=1S/C18H13Br/c1-13(14-8-10-18(19)11-9-14)16-7-6-15-4-2-3-5-17(15)12-16/h2-12H,1H2. The highest BCUT2D eigenvalue weighted by Gasteiger charge is 2.03. The van der Waals surface area contributed by atoms with Gasteiger partial charge in [-0.3, -0.25) is 0 Å². The average molecular weight is 309 g/mol. The van der Waals surface area contributed by atoms with Crippen molar-refractivity contribution in [3.05, 3.63) is 88.9 Å². The zero-order chi connectivity index (χ0) is 13.2. The molecule has 0 unspecified atom stereocenters. The molecule has 0 aromatic heterocycles. The minimum absolute atomic E-state index is 1.05. The van der Waals surface area contributed by atoms with Crippen LogP contribution in [0.25, 0.3) is 16.3 Å². The molecule has 0 saturated carbocycles. The van der Waals surface area contributed by atoms with Crippen molar-refractivity contribution >= 4 is 32.3 Å². The van der Waals surface area contributed by atoms with E-state index >= 15 is 0 Å². The third-order valence-corrected chi connectivity index (χ3v) is 3.82. The molecule has 92 valence electrons. The maximum absolute atomic E-state index is 4.22. The highest BCUT2D eigenvalue weighted by molar-refractivity contribution is 9.10. The SMILES string of the molecule is C=C(c1ccc(Br)cc1)c1ccc2ccccc2c1. The van der Waals surface area contributed by atoms with Crippen LogP contribution in [0.15, 0.2) is 77.8 Å². The van der Waals surface area contributed by atoms with Crippen LogP contribution < -0.4 is 0 Å². The van der Waals surface area contributed by atoms with Crippen molar-refractivity contribution in [1.29, 1.82) is 0 Å². The van der Waals surface area contributed by atoms with Crippen LogP contribution >= 0.6 is 15.9 Å². The monoisotopic (exact) mass is 308 g/mol. The number of hydrogen-bond acceptors (Lipinski definition) is 0. The van der Waals surface area contributed by atoms with Crippen molar-refractivity contribution in [3.8, 4) is 0 Å². The smallest absolute Gasteiger partial charge is 0.0175 e. The van der Waals surface area contributed by atoms with Crippen LogP contribution in [0.1, 0.15) is 11.1 Å². The van der Waals surface area contributed by atoms with Crippen LogP contribution in [0.4, 0.5) is 0 Å². The van der Waals surface area contributed by atoms with Gasteiger partial charge in [0.2, 0.25) is 0 Å². The van der Waals surface area contributed by atoms with E-state index in [9.17, 15) is 0 Å². The van der Waals surface area contributed by atoms with E-state index in [1.807, 2.05) is 12.1 Å². The van der Waals surface area contributed by atoms with E-state index in [1.165, 1.54) is 16.3 Å². The first-order valence-electron chi connectivity index (χ1n) is 6.18. The fourth-order valence-electron chi connectivity index (χ4n) is 2.19. The maximum atomic E-state index is 4.22. The summed E-state index contributed by atoms with van der Waals surface area (Å²) in [6.45, 7) is 4.22. The second-order valence-electron chi connectivity index (χ2n) is 4.55. The highest BCUT2D eigenvalue weighted by Crippen LogP contribution is 2.26. The summed E-state index contributed by atoms with van der Waals surface area (Å²) >= 11 is 3.45. The number of rotatable bonds is 2. The van der Waals surface area contributed by atoms with E-state index in [-0.39, 0.29) is 0 Å². The van der Waals surface area contributed by atoms with Crippen molar-refractivity contribution in [2.45, 2.75) is 0 Å². The third-order valence-electron chi connectivity index (χ3n) is 3.29. The van der Waals surface area contributed by atoms with E-state index in [2.05, 4.69) is 77.1 Å². The van der Waals surface area contributed by atoms with E-state index < -0.39 is 0 Å². The number of halogens is 1. The molecule has 3 aromatic carbocycles. The zero-order valence-corrected chi connectivity index (χ0v) is 12.0. The molecule has 3 aromatic rings. The van der Waals surface area contributed by atoms with Crippen molar-refractivity contribution in [2.24, 2.45) is 0 Å². The van der Waals surface area contributed by atoms with Gasteiger partial charge in [-0.1, -0.05) is 71.0 Å². The van der Waals surface area contributed by atoms with Gasteiger partial charge in [0.25, 0.3) is 0 Å². The Hall–Kier alpha value is -1.86. The van der Waals surface area contributed by atoms with E-state index in [4.69, 9.17) is 0 Å². The van der Waals surface area contributed by atoms with Crippen LogP contribution in [-0.4, -0.2) is 0 Å². The van der Waals surface area contributed by atoms with Crippen LogP contribution in [0.3, 0.4) is 0 Å². The molecule has 0 heterocycles. The van der Waals surface area contributed by atoms with Gasteiger partial charge in [0.15, 0.2) is 0 Å².